The Balaban J connectivity index is 1.56. The van der Waals surface area contributed by atoms with E-state index in [4.69, 9.17) is 4.42 Å². The maximum Gasteiger partial charge on any atom is 0.286 e. The van der Waals surface area contributed by atoms with Gasteiger partial charge in [-0.3, -0.25) is 4.79 Å². The number of nitrogens with one attached hydrogen (secondary N) is 1. The van der Waals surface area contributed by atoms with Crippen molar-refractivity contribution >= 4 is 15.9 Å². The number of rotatable bonds is 6. The highest BCUT2D eigenvalue weighted by Gasteiger charge is 2.26. The molecule has 1 N–H and O–H groups in total. The minimum Gasteiger partial charge on any atom is -0.459 e. The van der Waals surface area contributed by atoms with E-state index in [1.165, 1.54) is 10.6 Å². The van der Waals surface area contributed by atoms with Crippen LogP contribution in [0.3, 0.4) is 0 Å². The molecule has 2 aromatic rings. The van der Waals surface area contributed by atoms with Crippen molar-refractivity contribution in [2.45, 2.75) is 24.2 Å². The first-order chi connectivity index (χ1) is 11.6. The van der Waals surface area contributed by atoms with E-state index in [2.05, 4.69) is 5.32 Å². The van der Waals surface area contributed by atoms with Gasteiger partial charge in [-0.1, -0.05) is 12.1 Å². The average Bonchev–Trinajstić information content (AvgIpc) is 3.29. The lowest BCUT2D eigenvalue weighted by atomic mass is 10.1. The van der Waals surface area contributed by atoms with E-state index in [1.807, 2.05) is 0 Å². The highest BCUT2D eigenvalue weighted by atomic mass is 32.2. The first-order valence-electron chi connectivity index (χ1n) is 7.98. The Kier molecular flexibility index (Phi) is 5.01. The van der Waals surface area contributed by atoms with Crippen molar-refractivity contribution in [3.63, 3.8) is 0 Å². The molecule has 0 atom stereocenters. The Morgan fingerprint density at radius 3 is 2.46 bits per heavy atom. The largest absolute Gasteiger partial charge is 0.459 e. The highest BCUT2D eigenvalue weighted by molar-refractivity contribution is 7.89. The molecule has 6 nitrogen and oxygen atoms in total. The van der Waals surface area contributed by atoms with Crippen LogP contribution in [0.1, 0.15) is 29.0 Å². The van der Waals surface area contributed by atoms with Gasteiger partial charge in [-0.2, -0.15) is 4.31 Å². The molecule has 1 aromatic heterocycles. The molecule has 128 valence electrons. The second-order valence-electron chi connectivity index (χ2n) is 5.74. The Bertz CT molecular complexity index is 777. The van der Waals surface area contributed by atoms with Crippen molar-refractivity contribution in [1.29, 1.82) is 0 Å². The molecule has 0 spiro atoms. The molecule has 0 radical (unpaired) electrons. The first-order valence-corrected chi connectivity index (χ1v) is 9.42. The van der Waals surface area contributed by atoms with Crippen LogP contribution in [0.5, 0.6) is 0 Å². The summed E-state index contributed by atoms with van der Waals surface area (Å²) in [7, 11) is -3.37. The van der Waals surface area contributed by atoms with Gasteiger partial charge in [-0.25, -0.2) is 8.42 Å². The zero-order valence-electron chi connectivity index (χ0n) is 13.3. The van der Waals surface area contributed by atoms with Crippen LogP contribution < -0.4 is 5.32 Å². The molecule has 0 aliphatic carbocycles. The number of benzene rings is 1. The number of nitrogens with zero attached hydrogens (tertiary/aromatic N) is 1. The van der Waals surface area contributed by atoms with Crippen LogP contribution in [0.15, 0.2) is 52.0 Å². The predicted molar refractivity (Wildman–Crippen MR) is 89.2 cm³/mol. The van der Waals surface area contributed by atoms with Gasteiger partial charge >= 0.3 is 0 Å². The van der Waals surface area contributed by atoms with E-state index in [0.717, 1.165) is 18.4 Å². The maximum absolute atomic E-state index is 12.4. The van der Waals surface area contributed by atoms with Crippen molar-refractivity contribution in [1.82, 2.24) is 9.62 Å². The molecule has 1 amide bonds. The van der Waals surface area contributed by atoms with Crippen LogP contribution in [-0.2, 0) is 16.4 Å². The summed E-state index contributed by atoms with van der Waals surface area (Å²) in [5.41, 5.74) is 0.968. The molecule has 1 aliphatic rings. The fourth-order valence-electron chi connectivity index (χ4n) is 2.72. The normalized spacial score (nSPS) is 15.5. The molecule has 0 saturated carbocycles. The van der Waals surface area contributed by atoms with E-state index in [-0.39, 0.29) is 11.7 Å². The van der Waals surface area contributed by atoms with Crippen LogP contribution in [-0.4, -0.2) is 38.3 Å². The van der Waals surface area contributed by atoms with Crippen molar-refractivity contribution < 1.29 is 17.6 Å². The van der Waals surface area contributed by atoms with E-state index in [1.54, 1.807) is 36.4 Å². The Hall–Kier alpha value is -2.12. The average molecular weight is 348 g/mol. The number of hydrogen-bond acceptors (Lipinski definition) is 4. The van der Waals surface area contributed by atoms with E-state index >= 15 is 0 Å². The van der Waals surface area contributed by atoms with Crippen LogP contribution in [0.2, 0.25) is 0 Å². The van der Waals surface area contributed by atoms with Gasteiger partial charge in [0, 0.05) is 19.6 Å². The van der Waals surface area contributed by atoms with Gasteiger partial charge in [0.2, 0.25) is 10.0 Å². The number of furan rings is 1. The smallest absolute Gasteiger partial charge is 0.286 e. The van der Waals surface area contributed by atoms with Gasteiger partial charge in [0.15, 0.2) is 5.76 Å². The fourth-order valence-corrected chi connectivity index (χ4v) is 4.24. The van der Waals surface area contributed by atoms with E-state index in [0.29, 0.717) is 31.0 Å². The van der Waals surface area contributed by atoms with Crippen molar-refractivity contribution in [2.24, 2.45) is 0 Å². The van der Waals surface area contributed by atoms with Crippen molar-refractivity contribution in [3.8, 4) is 0 Å². The van der Waals surface area contributed by atoms with Gasteiger partial charge < -0.3 is 9.73 Å². The molecule has 3 rings (SSSR count). The van der Waals surface area contributed by atoms with Crippen molar-refractivity contribution in [3.05, 3.63) is 54.0 Å². The van der Waals surface area contributed by atoms with Gasteiger partial charge in [0.1, 0.15) is 0 Å². The topological polar surface area (TPSA) is 79.6 Å². The van der Waals surface area contributed by atoms with Crippen LogP contribution in [0, 0.1) is 0 Å². The second-order valence-corrected chi connectivity index (χ2v) is 7.68. The SMILES string of the molecule is O=C(NCCc1ccc(S(=O)(=O)N2CCCC2)cc1)c1ccco1. The summed E-state index contributed by atoms with van der Waals surface area (Å²) in [6, 6.07) is 10.1. The third-order valence-corrected chi connectivity index (χ3v) is 5.98. The molecule has 2 heterocycles. The van der Waals surface area contributed by atoms with Gasteiger partial charge in [0.25, 0.3) is 5.91 Å². The standard InChI is InChI=1S/C17H20N2O4S/c20-17(16-4-3-13-23-16)18-10-9-14-5-7-15(8-6-14)24(21,22)19-11-1-2-12-19/h3-8,13H,1-2,9-12H2,(H,18,20). The van der Waals surface area contributed by atoms with E-state index < -0.39 is 10.0 Å². The molecule has 0 unspecified atom stereocenters. The second kappa shape index (κ2) is 7.19. The molecule has 1 aromatic carbocycles. The summed E-state index contributed by atoms with van der Waals surface area (Å²) in [6.07, 6.45) is 3.92. The van der Waals surface area contributed by atoms with Gasteiger partial charge in [-0.05, 0) is 49.1 Å². The molecule has 1 fully saturated rings. The molecule has 24 heavy (non-hydrogen) atoms. The number of sulfonamides is 1. The number of carbonyl (C=O) groups excluding carboxylic acids is 1. The predicted octanol–water partition coefficient (Wildman–Crippen LogP) is 2.04. The lowest BCUT2D eigenvalue weighted by molar-refractivity contribution is 0.0926. The maximum atomic E-state index is 12.4. The van der Waals surface area contributed by atoms with Gasteiger partial charge in [0.05, 0.1) is 11.2 Å². The number of amides is 1. The quantitative estimate of drug-likeness (QED) is 0.866. The summed E-state index contributed by atoms with van der Waals surface area (Å²) in [4.78, 5) is 12.1. The van der Waals surface area contributed by atoms with Crippen LogP contribution >= 0.6 is 0 Å². The molecule has 1 saturated heterocycles. The summed E-state index contributed by atoms with van der Waals surface area (Å²) in [6.45, 7) is 1.66. The molecule has 7 heteroatoms. The fraction of sp³-hybridized carbons (Fsp3) is 0.353. The Labute approximate surface area is 141 Å². The summed E-state index contributed by atoms with van der Waals surface area (Å²) >= 11 is 0. The molecular weight excluding hydrogens is 328 g/mol. The lowest BCUT2D eigenvalue weighted by Gasteiger charge is -2.15. The number of carbonyl (C=O) groups is 1. The minimum absolute atomic E-state index is 0.256. The number of hydrogen-bond donors (Lipinski definition) is 1. The van der Waals surface area contributed by atoms with Crippen molar-refractivity contribution in [2.75, 3.05) is 19.6 Å². The third-order valence-electron chi connectivity index (χ3n) is 4.07. The third kappa shape index (κ3) is 3.68. The van der Waals surface area contributed by atoms with E-state index in [9.17, 15) is 13.2 Å². The molecular formula is C17H20N2O4S. The first kappa shape index (κ1) is 16.7. The highest BCUT2D eigenvalue weighted by Crippen LogP contribution is 2.21. The summed E-state index contributed by atoms with van der Waals surface area (Å²) < 4.78 is 31.4. The summed E-state index contributed by atoms with van der Waals surface area (Å²) in [5.74, 6) is 0.0234. The van der Waals surface area contributed by atoms with Crippen LogP contribution in [0.25, 0.3) is 0 Å². The molecule has 1 aliphatic heterocycles. The zero-order valence-corrected chi connectivity index (χ0v) is 14.1. The zero-order chi connectivity index (χ0) is 17.0. The lowest BCUT2D eigenvalue weighted by Crippen LogP contribution is -2.27. The Morgan fingerprint density at radius 1 is 1.12 bits per heavy atom. The summed E-state index contributed by atoms with van der Waals surface area (Å²) in [5, 5.41) is 2.76. The molecule has 0 bridgehead atoms. The monoisotopic (exact) mass is 348 g/mol. The van der Waals surface area contributed by atoms with Gasteiger partial charge in [-0.15, -0.1) is 0 Å². The Morgan fingerprint density at radius 2 is 1.83 bits per heavy atom. The van der Waals surface area contributed by atoms with Crippen LogP contribution in [0.4, 0.5) is 0 Å². The minimum atomic E-state index is -3.37.